The highest BCUT2D eigenvalue weighted by Gasteiger charge is 2.18. The van der Waals surface area contributed by atoms with Crippen molar-refractivity contribution in [3.63, 3.8) is 0 Å². The van der Waals surface area contributed by atoms with Crippen LogP contribution in [0.15, 0.2) is 42.5 Å². The van der Waals surface area contributed by atoms with Gasteiger partial charge in [0.25, 0.3) is 0 Å². The number of hydrogen-bond acceptors (Lipinski definition) is 3. The lowest BCUT2D eigenvalue weighted by atomic mass is 10.0. The molecule has 0 heterocycles. The Kier molecular flexibility index (Phi) is 4.24. The van der Waals surface area contributed by atoms with Crippen LogP contribution in [-0.4, -0.2) is 16.7 Å². The lowest BCUT2D eigenvalue weighted by molar-refractivity contribution is 0.00696. The largest absolute Gasteiger partial charge is 0.507 e. The molecule has 2 aromatic rings. The molecular formula is C17H17ClO3. The van der Waals surface area contributed by atoms with Crippen LogP contribution in [0.4, 0.5) is 0 Å². The molecule has 0 amide bonds. The first-order valence-corrected chi connectivity index (χ1v) is 6.96. The van der Waals surface area contributed by atoms with Crippen LogP contribution in [0.25, 0.3) is 11.1 Å². The number of carbonyl (C=O) groups excluding carboxylic acids is 1. The van der Waals surface area contributed by atoms with E-state index in [-0.39, 0.29) is 5.75 Å². The van der Waals surface area contributed by atoms with E-state index in [0.29, 0.717) is 21.7 Å². The van der Waals surface area contributed by atoms with Crippen LogP contribution in [0.1, 0.15) is 31.1 Å². The maximum atomic E-state index is 12.1. The molecule has 0 aliphatic heterocycles. The van der Waals surface area contributed by atoms with Crippen molar-refractivity contribution in [2.45, 2.75) is 26.4 Å². The predicted molar refractivity (Wildman–Crippen MR) is 83.7 cm³/mol. The zero-order chi connectivity index (χ0) is 15.6. The Balaban J connectivity index is 2.38. The second kappa shape index (κ2) is 5.78. The van der Waals surface area contributed by atoms with Gasteiger partial charge < -0.3 is 9.84 Å². The van der Waals surface area contributed by atoms with E-state index < -0.39 is 11.6 Å². The van der Waals surface area contributed by atoms with Gasteiger partial charge in [-0.1, -0.05) is 23.7 Å². The smallest absolute Gasteiger partial charge is 0.338 e. The monoisotopic (exact) mass is 304 g/mol. The standard InChI is InChI=1S/C17H17ClO3/c1-17(2,3)21-16(20)12-6-4-5-11(9-12)14-10-13(18)7-8-15(14)19/h4-10,19H,1-3H3. The van der Waals surface area contributed by atoms with Crippen molar-refractivity contribution in [1.82, 2.24) is 0 Å². The summed E-state index contributed by atoms with van der Waals surface area (Å²) in [4.78, 5) is 12.1. The number of phenols is 1. The first-order chi connectivity index (χ1) is 9.76. The molecule has 0 aromatic heterocycles. The molecule has 0 bridgehead atoms. The number of rotatable bonds is 2. The van der Waals surface area contributed by atoms with Gasteiger partial charge in [-0.05, 0) is 56.7 Å². The number of halogens is 1. The van der Waals surface area contributed by atoms with Gasteiger partial charge in [-0.2, -0.15) is 0 Å². The predicted octanol–water partition coefficient (Wildman–Crippen LogP) is 4.67. The molecule has 0 fully saturated rings. The molecule has 0 atom stereocenters. The Morgan fingerprint density at radius 2 is 1.86 bits per heavy atom. The van der Waals surface area contributed by atoms with Crippen molar-refractivity contribution >= 4 is 17.6 Å². The second-order valence-corrected chi connectivity index (χ2v) is 6.18. The number of benzene rings is 2. The minimum atomic E-state index is -0.550. The number of hydrogen-bond donors (Lipinski definition) is 1. The molecule has 1 N–H and O–H groups in total. The summed E-state index contributed by atoms with van der Waals surface area (Å²) in [5, 5.41) is 10.4. The fraction of sp³-hybridized carbons (Fsp3) is 0.235. The highest BCUT2D eigenvalue weighted by molar-refractivity contribution is 6.31. The molecule has 0 saturated heterocycles. The van der Waals surface area contributed by atoms with Crippen molar-refractivity contribution in [2.75, 3.05) is 0 Å². The molecule has 110 valence electrons. The average Bonchev–Trinajstić information content (AvgIpc) is 2.40. The van der Waals surface area contributed by atoms with E-state index in [4.69, 9.17) is 16.3 Å². The quantitative estimate of drug-likeness (QED) is 0.820. The third-order valence-corrected chi connectivity index (χ3v) is 3.00. The van der Waals surface area contributed by atoms with Crippen molar-refractivity contribution in [2.24, 2.45) is 0 Å². The van der Waals surface area contributed by atoms with Gasteiger partial charge >= 0.3 is 5.97 Å². The Morgan fingerprint density at radius 3 is 2.52 bits per heavy atom. The molecule has 0 saturated carbocycles. The zero-order valence-electron chi connectivity index (χ0n) is 12.2. The summed E-state index contributed by atoms with van der Waals surface area (Å²) in [6, 6.07) is 11.7. The van der Waals surface area contributed by atoms with Crippen molar-refractivity contribution in [3.8, 4) is 16.9 Å². The van der Waals surface area contributed by atoms with E-state index in [9.17, 15) is 9.90 Å². The van der Waals surface area contributed by atoms with Crippen LogP contribution < -0.4 is 0 Å². The van der Waals surface area contributed by atoms with Crippen LogP contribution >= 0.6 is 11.6 Å². The molecule has 0 aliphatic rings. The van der Waals surface area contributed by atoms with E-state index in [0.717, 1.165) is 0 Å². The topological polar surface area (TPSA) is 46.5 Å². The highest BCUT2D eigenvalue weighted by atomic mass is 35.5. The minimum absolute atomic E-state index is 0.112. The molecule has 21 heavy (non-hydrogen) atoms. The van der Waals surface area contributed by atoms with Gasteiger partial charge in [0.05, 0.1) is 5.56 Å². The number of esters is 1. The van der Waals surface area contributed by atoms with Gasteiger partial charge in [-0.3, -0.25) is 0 Å². The molecule has 0 spiro atoms. The third-order valence-electron chi connectivity index (χ3n) is 2.77. The molecule has 3 nitrogen and oxygen atoms in total. The van der Waals surface area contributed by atoms with Crippen LogP contribution in [0.3, 0.4) is 0 Å². The Bertz CT molecular complexity index is 672. The Morgan fingerprint density at radius 1 is 1.14 bits per heavy atom. The van der Waals surface area contributed by atoms with Gasteiger partial charge in [-0.15, -0.1) is 0 Å². The van der Waals surface area contributed by atoms with E-state index in [1.807, 2.05) is 20.8 Å². The molecule has 2 rings (SSSR count). The molecule has 0 unspecified atom stereocenters. The van der Waals surface area contributed by atoms with E-state index in [2.05, 4.69) is 0 Å². The Labute approximate surface area is 129 Å². The molecule has 2 aromatic carbocycles. The summed E-state index contributed by atoms with van der Waals surface area (Å²) in [6.45, 7) is 5.45. The summed E-state index contributed by atoms with van der Waals surface area (Å²) in [5.41, 5.74) is 1.17. The fourth-order valence-corrected chi connectivity index (χ4v) is 2.06. The van der Waals surface area contributed by atoms with E-state index in [1.165, 1.54) is 6.07 Å². The maximum absolute atomic E-state index is 12.1. The maximum Gasteiger partial charge on any atom is 0.338 e. The summed E-state index contributed by atoms with van der Waals surface area (Å²) in [6.07, 6.45) is 0. The fourth-order valence-electron chi connectivity index (χ4n) is 1.89. The van der Waals surface area contributed by atoms with Gasteiger partial charge in [-0.25, -0.2) is 4.79 Å². The first kappa shape index (κ1) is 15.4. The van der Waals surface area contributed by atoms with Crippen LogP contribution in [0.5, 0.6) is 5.75 Å². The van der Waals surface area contributed by atoms with E-state index >= 15 is 0 Å². The minimum Gasteiger partial charge on any atom is -0.507 e. The second-order valence-electron chi connectivity index (χ2n) is 5.74. The number of aromatic hydroxyl groups is 1. The van der Waals surface area contributed by atoms with Crippen LogP contribution in [0, 0.1) is 0 Å². The van der Waals surface area contributed by atoms with E-state index in [1.54, 1.807) is 36.4 Å². The summed E-state index contributed by atoms with van der Waals surface area (Å²) < 4.78 is 5.34. The number of carbonyl (C=O) groups is 1. The van der Waals surface area contributed by atoms with Crippen LogP contribution in [-0.2, 0) is 4.74 Å². The normalized spacial score (nSPS) is 11.2. The Hall–Kier alpha value is -2.00. The van der Waals surface area contributed by atoms with Gasteiger partial charge in [0.15, 0.2) is 0 Å². The van der Waals surface area contributed by atoms with Crippen LogP contribution in [0.2, 0.25) is 5.02 Å². The average molecular weight is 305 g/mol. The van der Waals surface area contributed by atoms with Gasteiger partial charge in [0, 0.05) is 10.6 Å². The first-order valence-electron chi connectivity index (χ1n) is 6.58. The molecule has 0 aliphatic carbocycles. The lowest BCUT2D eigenvalue weighted by Crippen LogP contribution is -2.23. The number of phenolic OH excluding ortho intramolecular Hbond substituents is 1. The molecule has 0 radical (unpaired) electrons. The van der Waals surface area contributed by atoms with Crippen molar-refractivity contribution < 1.29 is 14.6 Å². The molecule has 4 heteroatoms. The molecular weight excluding hydrogens is 288 g/mol. The number of ether oxygens (including phenoxy) is 1. The van der Waals surface area contributed by atoms with Crippen molar-refractivity contribution in [3.05, 3.63) is 53.1 Å². The summed E-state index contributed by atoms with van der Waals surface area (Å²) in [7, 11) is 0. The lowest BCUT2D eigenvalue weighted by Gasteiger charge is -2.19. The zero-order valence-corrected chi connectivity index (χ0v) is 12.9. The summed E-state index contributed by atoms with van der Waals surface area (Å²) >= 11 is 5.95. The highest BCUT2D eigenvalue weighted by Crippen LogP contribution is 2.32. The summed E-state index contributed by atoms with van der Waals surface area (Å²) in [5.74, 6) is -0.286. The van der Waals surface area contributed by atoms with Gasteiger partial charge in [0.1, 0.15) is 11.4 Å². The van der Waals surface area contributed by atoms with Gasteiger partial charge in [0.2, 0.25) is 0 Å². The SMILES string of the molecule is CC(C)(C)OC(=O)c1cccc(-c2cc(Cl)ccc2O)c1. The van der Waals surface area contributed by atoms with Crippen molar-refractivity contribution in [1.29, 1.82) is 0 Å². The third kappa shape index (κ3) is 3.99.